The minimum Gasteiger partial charge on any atom is -0.395 e. The molecule has 0 aromatic heterocycles. The Kier molecular flexibility index (Phi) is 6.08. The van der Waals surface area contributed by atoms with Crippen LogP contribution in [0.15, 0.2) is 29.2 Å². The Morgan fingerprint density at radius 1 is 1.15 bits per heavy atom. The molecule has 20 heavy (non-hydrogen) atoms. The third-order valence-corrected chi connectivity index (χ3v) is 4.59. The molecule has 0 unspecified atom stereocenters. The van der Waals surface area contributed by atoms with E-state index in [1.54, 1.807) is 0 Å². The summed E-state index contributed by atoms with van der Waals surface area (Å²) in [6, 6.07) is 5.45. The van der Waals surface area contributed by atoms with E-state index >= 15 is 0 Å². The predicted octanol–water partition coefficient (Wildman–Crippen LogP) is -0.978. The highest BCUT2D eigenvalue weighted by Gasteiger charge is 2.23. The second-order valence-electron chi connectivity index (χ2n) is 3.95. The Morgan fingerprint density at radius 2 is 1.65 bits per heavy atom. The van der Waals surface area contributed by atoms with Crippen LogP contribution < -0.4 is 5.32 Å². The molecule has 0 spiro atoms. The molecule has 0 fully saturated rings. The summed E-state index contributed by atoms with van der Waals surface area (Å²) in [4.78, 5) is 11.4. The van der Waals surface area contributed by atoms with Gasteiger partial charge >= 0.3 is 0 Å². The molecular formula is C12H18N2O5S. The van der Waals surface area contributed by atoms with Crippen LogP contribution in [0.2, 0.25) is 0 Å². The summed E-state index contributed by atoms with van der Waals surface area (Å²) in [5, 5.41) is 20.2. The zero-order chi connectivity index (χ0) is 15.2. The molecule has 1 amide bonds. The Hall–Kier alpha value is -1.48. The maximum Gasteiger partial charge on any atom is 0.251 e. The number of amides is 1. The highest BCUT2D eigenvalue weighted by Crippen LogP contribution is 2.16. The van der Waals surface area contributed by atoms with E-state index in [-0.39, 0.29) is 37.1 Å². The van der Waals surface area contributed by atoms with E-state index in [4.69, 9.17) is 10.2 Å². The molecule has 1 rings (SSSR count). The third kappa shape index (κ3) is 3.76. The average molecular weight is 302 g/mol. The first-order valence-corrected chi connectivity index (χ1v) is 7.45. The molecule has 0 aliphatic rings. The standard InChI is InChI=1S/C12H18N2O5S/c1-13-12(17)10-2-4-11(5-3-10)20(18,19)14(6-8-15)7-9-16/h2-5,15-16H,6-9H2,1H3,(H,13,17). The summed E-state index contributed by atoms with van der Waals surface area (Å²) in [6.07, 6.45) is 0. The molecule has 3 N–H and O–H groups in total. The number of hydrogen-bond donors (Lipinski definition) is 3. The van der Waals surface area contributed by atoms with Gasteiger partial charge in [-0.15, -0.1) is 0 Å². The SMILES string of the molecule is CNC(=O)c1ccc(S(=O)(=O)N(CCO)CCO)cc1. The third-order valence-electron chi connectivity index (χ3n) is 2.68. The molecule has 112 valence electrons. The van der Waals surface area contributed by atoms with Crippen molar-refractivity contribution in [3.05, 3.63) is 29.8 Å². The lowest BCUT2D eigenvalue weighted by atomic mass is 10.2. The van der Waals surface area contributed by atoms with E-state index in [1.807, 2.05) is 0 Å². The van der Waals surface area contributed by atoms with Crippen molar-refractivity contribution < 1.29 is 23.4 Å². The van der Waals surface area contributed by atoms with Crippen molar-refractivity contribution in [3.63, 3.8) is 0 Å². The van der Waals surface area contributed by atoms with Crippen molar-refractivity contribution in [2.75, 3.05) is 33.4 Å². The predicted molar refractivity (Wildman–Crippen MR) is 72.8 cm³/mol. The van der Waals surface area contributed by atoms with Crippen LogP contribution >= 0.6 is 0 Å². The zero-order valence-corrected chi connectivity index (χ0v) is 11.9. The quantitative estimate of drug-likeness (QED) is 0.600. The van der Waals surface area contributed by atoms with Gasteiger partial charge in [0.25, 0.3) is 5.91 Å². The van der Waals surface area contributed by atoms with Crippen LogP contribution in [0.3, 0.4) is 0 Å². The highest BCUT2D eigenvalue weighted by atomic mass is 32.2. The van der Waals surface area contributed by atoms with Crippen molar-refractivity contribution in [1.82, 2.24) is 9.62 Å². The molecule has 0 aliphatic carbocycles. The van der Waals surface area contributed by atoms with Crippen LogP contribution in [0, 0.1) is 0 Å². The number of carbonyl (C=O) groups excluding carboxylic acids is 1. The largest absolute Gasteiger partial charge is 0.395 e. The molecule has 7 nitrogen and oxygen atoms in total. The Morgan fingerprint density at radius 3 is 2.05 bits per heavy atom. The van der Waals surface area contributed by atoms with E-state index in [2.05, 4.69) is 5.32 Å². The van der Waals surface area contributed by atoms with Crippen molar-refractivity contribution in [1.29, 1.82) is 0 Å². The number of nitrogens with zero attached hydrogens (tertiary/aromatic N) is 1. The van der Waals surface area contributed by atoms with Gasteiger partial charge in [-0.1, -0.05) is 0 Å². The van der Waals surface area contributed by atoms with Crippen LogP contribution in [0.4, 0.5) is 0 Å². The van der Waals surface area contributed by atoms with Crippen LogP contribution in [-0.2, 0) is 10.0 Å². The van der Waals surface area contributed by atoms with Crippen LogP contribution in [0.5, 0.6) is 0 Å². The number of aliphatic hydroxyl groups is 2. The van der Waals surface area contributed by atoms with Crippen molar-refractivity contribution in [2.45, 2.75) is 4.90 Å². The van der Waals surface area contributed by atoms with Gasteiger partial charge in [0.2, 0.25) is 10.0 Å². The van der Waals surface area contributed by atoms with Gasteiger partial charge in [-0.2, -0.15) is 4.31 Å². The van der Waals surface area contributed by atoms with Crippen molar-refractivity contribution >= 4 is 15.9 Å². The lowest BCUT2D eigenvalue weighted by Gasteiger charge is -2.20. The fraction of sp³-hybridized carbons (Fsp3) is 0.417. The highest BCUT2D eigenvalue weighted by molar-refractivity contribution is 7.89. The minimum absolute atomic E-state index is 0.00653. The summed E-state index contributed by atoms with van der Waals surface area (Å²) >= 11 is 0. The Bertz CT molecular complexity index is 535. The van der Waals surface area contributed by atoms with E-state index in [1.165, 1.54) is 31.3 Å². The summed E-state index contributed by atoms with van der Waals surface area (Å²) in [5.74, 6) is -0.309. The molecule has 0 atom stereocenters. The zero-order valence-electron chi connectivity index (χ0n) is 11.1. The smallest absolute Gasteiger partial charge is 0.251 e. The summed E-state index contributed by atoms with van der Waals surface area (Å²) in [5.41, 5.74) is 0.349. The molecule has 0 aliphatic heterocycles. The van der Waals surface area contributed by atoms with E-state index in [0.29, 0.717) is 5.56 Å². The van der Waals surface area contributed by atoms with Crippen LogP contribution in [0.25, 0.3) is 0 Å². The van der Waals surface area contributed by atoms with E-state index in [0.717, 1.165) is 4.31 Å². The first-order chi connectivity index (χ1) is 9.47. The topological polar surface area (TPSA) is 107 Å². The molecule has 0 radical (unpaired) electrons. The molecule has 8 heteroatoms. The van der Waals surface area contributed by atoms with Crippen molar-refractivity contribution in [2.24, 2.45) is 0 Å². The minimum atomic E-state index is -3.79. The fourth-order valence-electron chi connectivity index (χ4n) is 1.65. The first-order valence-electron chi connectivity index (χ1n) is 6.01. The van der Waals surface area contributed by atoms with Gasteiger partial charge in [-0.25, -0.2) is 8.42 Å². The molecular weight excluding hydrogens is 284 g/mol. The summed E-state index contributed by atoms with van der Waals surface area (Å²) in [7, 11) is -2.31. The van der Waals surface area contributed by atoms with Gasteiger partial charge in [-0.05, 0) is 24.3 Å². The molecule has 0 bridgehead atoms. The summed E-state index contributed by atoms with van der Waals surface area (Å²) < 4.78 is 25.5. The second-order valence-corrected chi connectivity index (χ2v) is 5.89. The van der Waals surface area contributed by atoms with Gasteiger partial charge in [0.15, 0.2) is 0 Å². The van der Waals surface area contributed by atoms with Crippen LogP contribution in [0.1, 0.15) is 10.4 Å². The monoisotopic (exact) mass is 302 g/mol. The molecule has 1 aromatic carbocycles. The maximum absolute atomic E-state index is 12.3. The second kappa shape index (κ2) is 7.34. The number of sulfonamides is 1. The van der Waals surface area contributed by atoms with Crippen LogP contribution in [-0.4, -0.2) is 62.2 Å². The molecule has 0 saturated carbocycles. The van der Waals surface area contributed by atoms with Gasteiger partial charge < -0.3 is 15.5 Å². The number of aliphatic hydroxyl groups excluding tert-OH is 2. The number of benzene rings is 1. The molecule has 1 aromatic rings. The Labute approximate surface area is 117 Å². The first kappa shape index (κ1) is 16.6. The van der Waals surface area contributed by atoms with E-state index < -0.39 is 10.0 Å². The lowest BCUT2D eigenvalue weighted by Crippen LogP contribution is -2.35. The lowest BCUT2D eigenvalue weighted by molar-refractivity contribution is 0.0963. The summed E-state index contributed by atoms with van der Waals surface area (Å²) in [6.45, 7) is -0.870. The number of nitrogens with one attached hydrogen (secondary N) is 1. The fourth-order valence-corrected chi connectivity index (χ4v) is 3.07. The van der Waals surface area contributed by atoms with Gasteiger partial charge in [0, 0.05) is 25.7 Å². The molecule has 0 saturated heterocycles. The van der Waals surface area contributed by atoms with Gasteiger partial charge in [0.1, 0.15) is 0 Å². The van der Waals surface area contributed by atoms with Crippen molar-refractivity contribution in [3.8, 4) is 0 Å². The Balaban J connectivity index is 3.05. The van der Waals surface area contributed by atoms with Gasteiger partial charge in [0.05, 0.1) is 18.1 Å². The normalized spacial score (nSPS) is 11.6. The van der Waals surface area contributed by atoms with E-state index in [9.17, 15) is 13.2 Å². The number of rotatable bonds is 7. The number of carbonyl (C=O) groups is 1. The maximum atomic E-state index is 12.3. The molecule has 0 heterocycles. The number of hydrogen-bond acceptors (Lipinski definition) is 5. The van der Waals surface area contributed by atoms with Gasteiger partial charge in [-0.3, -0.25) is 4.79 Å². The average Bonchev–Trinajstić information content (AvgIpc) is 2.46.